The predicted octanol–water partition coefficient (Wildman–Crippen LogP) is 2.84. The Balaban J connectivity index is 2.41. The monoisotopic (exact) mass is 234 g/mol. The third kappa shape index (κ3) is 1.90. The molecule has 0 bridgehead atoms. The van der Waals surface area contributed by atoms with E-state index in [9.17, 15) is 9.90 Å². The number of carboxylic acid groups (broad SMARTS) is 1. The van der Waals surface area contributed by atoms with Crippen molar-refractivity contribution in [3.8, 4) is 5.75 Å². The number of hydrogen-bond acceptors (Lipinski definition) is 2. The van der Waals surface area contributed by atoms with Gasteiger partial charge in [-0.25, -0.2) is 0 Å². The minimum absolute atomic E-state index is 0.201. The Morgan fingerprint density at radius 1 is 1.47 bits per heavy atom. The molecule has 0 heterocycles. The average molecular weight is 234 g/mol. The van der Waals surface area contributed by atoms with Crippen LogP contribution in [0.2, 0.25) is 0 Å². The van der Waals surface area contributed by atoms with Gasteiger partial charge in [0.25, 0.3) is 0 Å². The molecule has 17 heavy (non-hydrogen) atoms. The van der Waals surface area contributed by atoms with Gasteiger partial charge in [0, 0.05) is 11.0 Å². The van der Waals surface area contributed by atoms with Gasteiger partial charge in [0.15, 0.2) is 0 Å². The second-order valence-electron chi connectivity index (χ2n) is 4.66. The second kappa shape index (κ2) is 4.40. The molecule has 2 rings (SSSR count). The Labute approximate surface area is 101 Å². The number of carboxylic acids is 1. The van der Waals surface area contributed by atoms with E-state index in [1.54, 1.807) is 7.11 Å². The minimum Gasteiger partial charge on any atom is -0.496 e. The van der Waals surface area contributed by atoms with Crippen LogP contribution in [0, 0.1) is 5.92 Å². The first-order valence-electron chi connectivity index (χ1n) is 6.02. The van der Waals surface area contributed by atoms with Crippen molar-refractivity contribution in [1.82, 2.24) is 0 Å². The number of para-hydroxylation sites is 1. The molecule has 1 unspecified atom stereocenters. The van der Waals surface area contributed by atoms with Gasteiger partial charge in [-0.3, -0.25) is 4.79 Å². The molecule has 1 saturated carbocycles. The highest BCUT2D eigenvalue weighted by molar-refractivity contribution is 5.74. The molecule has 1 fully saturated rings. The van der Waals surface area contributed by atoms with Crippen LogP contribution in [0.15, 0.2) is 24.3 Å². The molecule has 0 spiro atoms. The standard InChI is InChI=1S/C14H18O3/c1-3-10(13(15)16)14(8-9-14)11-6-4-5-7-12(11)17-2/h4-7,10H,3,8-9H2,1-2H3,(H,15,16). The van der Waals surface area contributed by atoms with Crippen molar-refractivity contribution in [2.75, 3.05) is 7.11 Å². The zero-order chi connectivity index (χ0) is 12.5. The van der Waals surface area contributed by atoms with Crippen LogP contribution in [0.3, 0.4) is 0 Å². The fraction of sp³-hybridized carbons (Fsp3) is 0.500. The maximum atomic E-state index is 11.3. The molecule has 3 nitrogen and oxygen atoms in total. The molecular weight excluding hydrogens is 216 g/mol. The zero-order valence-electron chi connectivity index (χ0n) is 10.3. The Morgan fingerprint density at radius 2 is 2.12 bits per heavy atom. The number of aliphatic carboxylic acids is 1. The summed E-state index contributed by atoms with van der Waals surface area (Å²) >= 11 is 0. The fourth-order valence-corrected chi connectivity index (χ4v) is 2.80. The molecule has 3 heteroatoms. The van der Waals surface area contributed by atoms with Crippen LogP contribution in [0.5, 0.6) is 5.75 Å². The van der Waals surface area contributed by atoms with Crippen LogP contribution in [-0.4, -0.2) is 18.2 Å². The maximum Gasteiger partial charge on any atom is 0.307 e. The molecular formula is C14H18O3. The largest absolute Gasteiger partial charge is 0.496 e. The van der Waals surface area contributed by atoms with Gasteiger partial charge in [0.1, 0.15) is 5.75 Å². The van der Waals surface area contributed by atoms with Gasteiger partial charge in [0.05, 0.1) is 13.0 Å². The quantitative estimate of drug-likeness (QED) is 0.852. The van der Waals surface area contributed by atoms with Gasteiger partial charge in [-0.05, 0) is 25.3 Å². The van der Waals surface area contributed by atoms with Crippen LogP contribution < -0.4 is 4.74 Å². The summed E-state index contributed by atoms with van der Waals surface area (Å²) in [6.45, 7) is 1.94. The van der Waals surface area contributed by atoms with E-state index in [1.807, 2.05) is 31.2 Å². The number of ether oxygens (including phenoxy) is 1. The van der Waals surface area contributed by atoms with E-state index < -0.39 is 5.97 Å². The van der Waals surface area contributed by atoms with Crippen molar-refractivity contribution in [3.05, 3.63) is 29.8 Å². The molecule has 0 amide bonds. The summed E-state index contributed by atoms with van der Waals surface area (Å²) in [6.07, 6.45) is 2.55. The minimum atomic E-state index is -0.698. The summed E-state index contributed by atoms with van der Waals surface area (Å²) in [6, 6.07) is 7.77. The number of carbonyl (C=O) groups is 1. The Hall–Kier alpha value is -1.51. The number of hydrogen-bond donors (Lipinski definition) is 1. The molecule has 0 aromatic heterocycles. The highest BCUT2D eigenvalue weighted by Gasteiger charge is 2.54. The molecule has 0 radical (unpaired) electrons. The lowest BCUT2D eigenvalue weighted by Gasteiger charge is -2.24. The molecule has 0 saturated heterocycles. The average Bonchev–Trinajstić information content (AvgIpc) is 3.11. The third-order valence-electron chi connectivity index (χ3n) is 3.81. The van der Waals surface area contributed by atoms with Gasteiger partial charge >= 0.3 is 5.97 Å². The van der Waals surface area contributed by atoms with Crippen LogP contribution in [0.25, 0.3) is 0 Å². The maximum absolute atomic E-state index is 11.3. The number of benzene rings is 1. The van der Waals surface area contributed by atoms with Crippen molar-refractivity contribution in [3.63, 3.8) is 0 Å². The van der Waals surface area contributed by atoms with Gasteiger partial charge in [-0.15, -0.1) is 0 Å². The van der Waals surface area contributed by atoms with Crippen molar-refractivity contribution < 1.29 is 14.6 Å². The molecule has 1 aromatic rings. The van der Waals surface area contributed by atoms with Gasteiger partial charge in [-0.2, -0.15) is 0 Å². The number of rotatable bonds is 5. The molecule has 1 aliphatic rings. The fourth-order valence-electron chi connectivity index (χ4n) is 2.80. The summed E-state index contributed by atoms with van der Waals surface area (Å²) in [4.78, 5) is 11.3. The Morgan fingerprint density at radius 3 is 2.59 bits per heavy atom. The van der Waals surface area contributed by atoms with Crippen LogP contribution in [-0.2, 0) is 10.2 Å². The SMILES string of the molecule is CCC(C(=O)O)C1(c2ccccc2OC)CC1. The lowest BCUT2D eigenvalue weighted by Crippen LogP contribution is -2.28. The summed E-state index contributed by atoms with van der Waals surface area (Å²) in [5, 5.41) is 9.33. The highest BCUT2D eigenvalue weighted by Crippen LogP contribution is 2.57. The first-order chi connectivity index (χ1) is 8.15. The Bertz CT molecular complexity index is 421. The molecule has 1 N–H and O–H groups in total. The summed E-state index contributed by atoms with van der Waals surface area (Å²) in [7, 11) is 1.64. The third-order valence-corrected chi connectivity index (χ3v) is 3.81. The topological polar surface area (TPSA) is 46.5 Å². The lowest BCUT2D eigenvalue weighted by atomic mass is 9.80. The molecule has 0 aliphatic heterocycles. The summed E-state index contributed by atoms with van der Waals surface area (Å²) in [5.74, 6) is -0.195. The van der Waals surface area contributed by atoms with Gasteiger partial charge < -0.3 is 9.84 Å². The van der Waals surface area contributed by atoms with E-state index in [-0.39, 0.29) is 11.3 Å². The van der Waals surface area contributed by atoms with Crippen molar-refractivity contribution in [1.29, 1.82) is 0 Å². The smallest absolute Gasteiger partial charge is 0.307 e. The Kier molecular flexibility index (Phi) is 3.09. The van der Waals surface area contributed by atoms with E-state index in [4.69, 9.17) is 4.74 Å². The van der Waals surface area contributed by atoms with E-state index in [1.165, 1.54) is 0 Å². The van der Waals surface area contributed by atoms with Gasteiger partial charge in [-0.1, -0.05) is 25.1 Å². The van der Waals surface area contributed by atoms with Gasteiger partial charge in [0.2, 0.25) is 0 Å². The molecule has 1 atom stereocenters. The predicted molar refractivity (Wildman–Crippen MR) is 65.3 cm³/mol. The van der Waals surface area contributed by atoms with Crippen LogP contribution >= 0.6 is 0 Å². The first-order valence-corrected chi connectivity index (χ1v) is 6.02. The van der Waals surface area contributed by atoms with E-state index in [0.717, 1.165) is 24.2 Å². The van der Waals surface area contributed by atoms with E-state index in [0.29, 0.717) is 6.42 Å². The van der Waals surface area contributed by atoms with Crippen LogP contribution in [0.4, 0.5) is 0 Å². The first kappa shape index (κ1) is 12.0. The van der Waals surface area contributed by atoms with Crippen molar-refractivity contribution >= 4 is 5.97 Å². The summed E-state index contributed by atoms with van der Waals surface area (Å²) < 4.78 is 5.35. The van der Waals surface area contributed by atoms with Crippen molar-refractivity contribution in [2.45, 2.75) is 31.6 Å². The normalized spacial score (nSPS) is 18.5. The zero-order valence-corrected chi connectivity index (χ0v) is 10.3. The molecule has 1 aromatic carbocycles. The van der Waals surface area contributed by atoms with Crippen molar-refractivity contribution in [2.24, 2.45) is 5.92 Å². The molecule has 92 valence electrons. The lowest BCUT2D eigenvalue weighted by molar-refractivity contribution is -0.143. The van der Waals surface area contributed by atoms with E-state index >= 15 is 0 Å². The number of methoxy groups -OCH3 is 1. The highest BCUT2D eigenvalue weighted by atomic mass is 16.5. The van der Waals surface area contributed by atoms with Crippen LogP contribution in [0.1, 0.15) is 31.7 Å². The second-order valence-corrected chi connectivity index (χ2v) is 4.66. The molecule has 1 aliphatic carbocycles. The van der Waals surface area contributed by atoms with E-state index in [2.05, 4.69) is 0 Å². The summed E-state index contributed by atoms with van der Waals surface area (Å²) in [5.41, 5.74) is 0.851.